The van der Waals surface area contributed by atoms with Crippen molar-refractivity contribution < 1.29 is 42.9 Å². The lowest BCUT2D eigenvalue weighted by atomic mass is 10.1. The van der Waals surface area contributed by atoms with Gasteiger partial charge in [0.15, 0.2) is 24.6 Å². The summed E-state index contributed by atoms with van der Waals surface area (Å²) >= 11 is 0. The molecular weight excluding hydrogens is 1070 g/mol. The predicted octanol–water partition coefficient (Wildman–Crippen LogP) is 22.7. The number of hydrogen-bond acceptors (Lipinski definition) is 9. The first-order valence-corrected chi connectivity index (χ1v) is 35.7. The molecule has 0 bridgehead atoms. The summed E-state index contributed by atoms with van der Waals surface area (Å²) in [5.41, 5.74) is 0. The highest BCUT2D eigenvalue weighted by atomic mass is 16.6. The summed E-state index contributed by atoms with van der Waals surface area (Å²) in [6.07, 6.45) is 78.4. The minimum atomic E-state index is -1.57. The second kappa shape index (κ2) is 68.0. The lowest BCUT2D eigenvalue weighted by Crippen LogP contribution is -2.48. The van der Waals surface area contributed by atoms with E-state index in [1.807, 2.05) is 0 Å². The Kier molecular flexibility index (Phi) is 64.4. The van der Waals surface area contributed by atoms with Crippen LogP contribution in [0, 0.1) is 0 Å². The van der Waals surface area contributed by atoms with E-state index in [1.54, 1.807) is 0 Å². The highest BCUT2D eigenvalue weighted by molar-refractivity contribution is 5.75. The molecule has 0 spiro atoms. The van der Waals surface area contributed by atoms with Crippen molar-refractivity contribution in [3.63, 3.8) is 0 Å². The van der Waals surface area contributed by atoms with Gasteiger partial charge in [-0.15, -0.1) is 0 Å². The van der Waals surface area contributed by atoms with Gasteiger partial charge < -0.3 is 18.9 Å². The second-order valence-electron chi connectivity index (χ2n) is 23.7. The fraction of sp³-hybridized carbons (Fsp3) is 0.727. The van der Waals surface area contributed by atoms with Crippen LogP contribution in [0.1, 0.15) is 336 Å². The Hall–Kier alpha value is -4.53. The van der Waals surface area contributed by atoms with E-state index in [4.69, 9.17) is 18.9 Å². The van der Waals surface area contributed by atoms with E-state index in [9.17, 15) is 24.0 Å². The highest BCUT2D eigenvalue weighted by Crippen LogP contribution is 2.20. The van der Waals surface area contributed by atoms with Gasteiger partial charge in [-0.1, -0.05) is 253 Å². The summed E-state index contributed by atoms with van der Waals surface area (Å²) in [6.45, 7) is 8.46. The van der Waals surface area contributed by atoms with Crippen LogP contribution in [-0.4, -0.2) is 55.1 Å². The Morgan fingerprint density at radius 1 is 0.279 bits per heavy atom. The minimum absolute atomic E-state index is 0.0751. The number of aldehydes is 1. The molecule has 9 heteroatoms. The molecule has 0 amide bonds. The first-order valence-electron chi connectivity index (χ1n) is 35.7. The number of rotatable bonds is 64. The smallest absolute Gasteiger partial charge is 0.306 e. The average molecular weight is 1200 g/mol. The van der Waals surface area contributed by atoms with Gasteiger partial charge in [0.1, 0.15) is 6.61 Å². The van der Waals surface area contributed by atoms with Crippen molar-refractivity contribution in [1.82, 2.24) is 0 Å². The zero-order valence-corrected chi connectivity index (χ0v) is 55.9. The molecule has 0 aromatic rings. The summed E-state index contributed by atoms with van der Waals surface area (Å²) in [5.74, 6) is -2.22. The molecule has 0 aliphatic heterocycles. The van der Waals surface area contributed by atoms with Gasteiger partial charge in [0.2, 0.25) is 0 Å². The Labute approximate surface area is 528 Å². The van der Waals surface area contributed by atoms with Gasteiger partial charge in [0.25, 0.3) is 0 Å². The number of unbranched alkanes of at least 4 members (excludes halogenated alkanes) is 32. The zero-order valence-electron chi connectivity index (χ0n) is 55.9. The van der Waals surface area contributed by atoms with Gasteiger partial charge in [-0.05, 0) is 154 Å². The first-order chi connectivity index (χ1) is 42.3. The molecule has 0 saturated carbocycles. The number of esters is 4. The SMILES string of the molecule is CCCCC/C=C\C/C=C\CCCCCCCC(=O)OC[C@@H](OC(=O)CCCCCCC/C=C\C/C=C\CCCCC)[C@H](OC(=O)CCCCCCC/C=C\C/C=C\CCCCC)[C@H](C=O)OC(=O)CCCCCCC/C=C\C/C=C\CCCCC. The summed E-state index contributed by atoms with van der Waals surface area (Å²) in [4.78, 5) is 67.0. The standard InChI is InChI=1S/C77H130O9/c1-5-9-13-17-21-25-29-33-37-41-45-49-53-57-61-65-73(79)83-70-72(85-75(81)67-63-59-55-51-47-43-39-35-31-27-23-19-15-11-7-3)77(86-76(82)68-64-60-56-52-48-44-40-36-32-28-24-20-16-12-8-4)71(69-78)84-74(80)66-62-58-54-50-46-42-38-34-30-26-22-18-14-10-6-2/h21-28,33-40,69,71-72,77H,5-20,29-32,41-68,70H2,1-4H3/b25-21-,26-22-,27-23-,28-24-,37-33-,38-34-,39-35-,40-36-/t71-,72+,77+/m0/s1. The maximum absolute atomic E-state index is 13.7. The molecule has 0 saturated heterocycles. The van der Waals surface area contributed by atoms with E-state index in [-0.39, 0.29) is 25.7 Å². The highest BCUT2D eigenvalue weighted by Gasteiger charge is 2.39. The monoisotopic (exact) mass is 1200 g/mol. The van der Waals surface area contributed by atoms with Crippen LogP contribution in [0.25, 0.3) is 0 Å². The Balaban J connectivity index is 5.78. The molecule has 0 aliphatic carbocycles. The fourth-order valence-electron chi connectivity index (χ4n) is 9.94. The lowest BCUT2D eigenvalue weighted by molar-refractivity contribution is -0.191. The molecule has 0 unspecified atom stereocenters. The molecule has 0 aromatic carbocycles. The summed E-state index contributed by atoms with van der Waals surface area (Å²) < 4.78 is 23.6. The molecule has 9 nitrogen and oxygen atoms in total. The topological polar surface area (TPSA) is 122 Å². The molecule has 0 rings (SSSR count). The Morgan fingerprint density at radius 3 is 0.814 bits per heavy atom. The molecule has 0 radical (unpaired) electrons. The average Bonchev–Trinajstić information content (AvgIpc) is 3.64. The molecule has 0 N–H and O–H groups in total. The fourth-order valence-corrected chi connectivity index (χ4v) is 9.94. The molecule has 492 valence electrons. The second-order valence-corrected chi connectivity index (χ2v) is 23.7. The molecule has 3 atom stereocenters. The van der Waals surface area contributed by atoms with Crippen molar-refractivity contribution in [3.05, 3.63) is 97.2 Å². The number of carbonyl (C=O) groups excluding carboxylic acids is 5. The van der Waals surface area contributed by atoms with E-state index < -0.39 is 48.8 Å². The van der Waals surface area contributed by atoms with E-state index in [0.29, 0.717) is 32.0 Å². The molecule has 0 heterocycles. The van der Waals surface area contributed by atoms with Crippen LogP contribution in [0.15, 0.2) is 97.2 Å². The van der Waals surface area contributed by atoms with Crippen molar-refractivity contribution >= 4 is 30.2 Å². The maximum Gasteiger partial charge on any atom is 0.306 e. The summed E-state index contributed by atoms with van der Waals surface area (Å²) in [5, 5.41) is 0. The van der Waals surface area contributed by atoms with Gasteiger partial charge in [0.05, 0.1) is 0 Å². The van der Waals surface area contributed by atoms with Gasteiger partial charge in [-0.2, -0.15) is 0 Å². The zero-order chi connectivity index (χ0) is 62.5. The van der Waals surface area contributed by atoms with Crippen molar-refractivity contribution in [2.75, 3.05) is 6.61 Å². The minimum Gasteiger partial charge on any atom is -0.462 e. The third kappa shape index (κ3) is 59.8. The summed E-state index contributed by atoms with van der Waals surface area (Å²) in [6, 6.07) is 0. The van der Waals surface area contributed by atoms with Crippen LogP contribution < -0.4 is 0 Å². The number of hydrogen-bond donors (Lipinski definition) is 0. The number of carbonyl (C=O) groups is 5. The lowest BCUT2D eigenvalue weighted by Gasteiger charge is -2.30. The van der Waals surface area contributed by atoms with E-state index in [2.05, 4.69) is 125 Å². The van der Waals surface area contributed by atoms with Crippen LogP contribution in [0.4, 0.5) is 0 Å². The number of ether oxygens (including phenoxy) is 4. The van der Waals surface area contributed by atoms with E-state index >= 15 is 0 Å². The number of allylic oxidation sites excluding steroid dienone is 16. The Bertz CT molecular complexity index is 1800. The molecule has 86 heavy (non-hydrogen) atoms. The van der Waals surface area contributed by atoms with Crippen LogP contribution in [0.2, 0.25) is 0 Å². The van der Waals surface area contributed by atoms with Gasteiger partial charge in [0, 0.05) is 25.7 Å². The van der Waals surface area contributed by atoms with E-state index in [0.717, 1.165) is 180 Å². The van der Waals surface area contributed by atoms with Crippen LogP contribution in [0.5, 0.6) is 0 Å². The molecular formula is C77H130O9. The van der Waals surface area contributed by atoms with Crippen molar-refractivity contribution in [3.8, 4) is 0 Å². The molecule has 0 fully saturated rings. The van der Waals surface area contributed by atoms with Crippen molar-refractivity contribution in [2.24, 2.45) is 0 Å². The van der Waals surface area contributed by atoms with Crippen LogP contribution in [-0.2, 0) is 42.9 Å². The summed E-state index contributed by atoms with van der Waals surface area (Å²) in [7, 11) is 0. The molecule has 0 aliphatic rings. The molecule has 0 aromatic heterocycles. The first kappa shape index (κ1) is 81.5. The van der Waals surface area contributed by atoms with Crippen molar-refractivity contribution in [1.29, 1.82) is 0 Å². The predicted molar refractivity (Wildman–Crippen MR) is 364 cm³/mol. The van der Waals surface area contributed by atoms with Gasteiger partial charge in [-0.25, -0.2) is 0 Å². The Morgan fingerprint density at radius 2 is 0.523 bits per heavy atom. The third-order valence-corrected chi connectivity index (χ3v) is 15.4. The van der Waals surface area contributed by atoms with Gasteiger partial charge >= 0.3 is 23.9 Å². The van der Waals surface area contributed by atoms with Gasteiger partial charge in [-0.3, -0.25) is 24.0 Å². The van der Waals surface area contributed by atoms with E-state index in [1.165, 1.54) is 77.0 Å². The quantitative estimate of drug-likeness (QED) is 0.0193. The van der Waals surface area contributed by atoms with Crippen LogP contribution in [0.3, 0.4) is 0 Å². The third-order valence-electron chi connectivity index (χ3n) is 15.4. The van der Waals surface area contributed by atoms with Crippen molar-refractivity contribution in [2.45, 2.75) is 354 Å². The van der Waals surface area contributed by atoms with Crippen LogP contribution >= 0.6 is 0 Å². The largest absolute Gasteiger partial charge is 0.462 e. The maximum atomic E-state index is 13.7. The normalized spacial score (nSPS) is 13.3.